The van der Waals surface area contributed by atoms with Gasteiger partial charge in [0.2, 0.25) is 0 Å². The smallest absolute Gasteiger partial charge is 0.0954 e. The van der Waals surface area contributed by atoms with Gasteiger partial charge in [-0.2, -0.15) is 0 Å². The van der Waals surface area contributed by atoms with Gasteiger partial charge in [0.15, 0.2) is 0 Å². The largest absolute Gasteiger partial charge is 0.381 e. The van der Waals surface area contributed by atoms with Crippen LogP contribution in [0, 0.1) is 20.8 Å². The molecule has 0 atom stereocenters. The van der Waals surface area contributed by atoms with Crippen molar-refractivity contribution in [2.45, 2.75) is 27.2 Å². The first-order chi connectivity index (χ1) is 7.04. The van der Waals surface area contributed by atoms with E-state index in [1.165, 1.54) is 22.3 Å². The highest BCUT2D eigenvalue weighted by molar-refractivity contribution is 5.36. The Morgan fingerprint density at radius 3 is 2.27 bits per heavy atom. The van der Waals surface area contributed by atoms with Crippen LogP contribution in [0.3, 0.4) is 0 Å². The topological polar surface area (TPSA) is 23.5 Å². The van der Waals surface area contributed by atoms with Gasteiger partial charge in [0.05, 0.1) is 6.73 Å². The zero-order valence-corrected chi connectivity index (χ0v) is 10.2. The van der Waals surface area contributed by atoms with E-state index in [-0.39, 0.29) is 6.73 Å². The lowest BCUT2D eigenvalue weighted by Gasteiger charge is -2.15. The van der Waals surface area contributed by atoms with E-state index in [2.05, 4.69) is 32.9 Å². The summed E-state index contributed by atoms with van der Waals surface area (Å²) in [5.74, 6) is 0. The number of aliphatic hydroxyl groups is 1. The summed E-state index contributed by atoms with van der Waals surface area (Å²) in [5.41, 5.74) is 5.44. The molecule has 2 heteroatoms. The molecule has 1 rings (SSSR count). The maximum atomic E-state index is 8.91. The second-order valence-electron chi connectivity index (χ2n) is 4.33. The van der Waals surface area contributed by atoms with Crippen molar-refractivity contribution < 1.29 is 5.11 Å². The molecule has 0 heterocycles. The number of nitrogens with zero attached hydrogens (tertiary/aromatic N) is 1. The summed E-state index contributed by atoms with van der Waals surface area (Å²) in [7, 11) is 1.93. The van der Waals surface area contributed by atoms with Crippen molar-refractivity contribution in [1.82, 2.24) is 4.90 Å². The summed E-state index contributed by atoms with van der Waals surface area (Å²) in [6.07, 6.45) is 1.00. The molecule has 0 aliphatic heterocycles. The normalized spacial score (nSPS) is 11.1. The lowest BCUT2D eigenvalue weighted by molar-refractivity contribution is 0.134. The first-order valence-corrected chi connectivity index (χ1v) is 5.40. The van der Waals surface area contributed by atoms with Crippen LogP contribution in [0.2, 0.25) is 0 Å². The maximum Gasteiger partial charge on any atom is 0.0954 e. The Hall–Kier alpha value is -0.860. The van der Waals surface area contributed by atoms with Crippen molar-refractivity contribution in [3.63, 3.8) is 0 Å². The molecule has 2 nitrogen and oxygen atoms in total. The lowest BCUT2D eigenvalue weighted by Crippen LogP contribution is -2.22. The predicted octanol–water partition coefficient (Wildman–Crippen LogP) is 2.04. The van der Waals surface area contributed by atoms with Crippen LogP contribution in [0.15, 0.2) is 12.1 Å². The second kappa shape index (κ2) is 5.29. The van der Waals surface area contributed by atoms with Crippen molar-refractivity contribution in [1.29, 1.82) is 0 Å². The summed E-state index contributed by atoms with van der Waals surface area (Å²) in [6.45, 7) is 7.48. The Balaban J connectivity index is 2.73. The fraction of sp³-hybridized carbons (Fsp3) is 0.538. The van der Waals surface area contributed by atoms with Crippen molar-refractivity contribution in [3.8, 4) is 0 Å². The summed E-state index contributed by atoms with van der Waals surface area (Å²) in [6, 6.07) is 4.50. The molecule has 0 unspecified atom stereocenters. The monoisotopic (exact) mass is 207 g/mol. The number of hydrogen-bond acceptors (Lipinski definition) is 2. The standard InChI is InChI=1S/C13H21NO/c1-10-7-12(3)13(8-11(10)2)5-6-14(4)9-15/h7-8,15H,5-6,9H2,1-4H3. The Labute approximate surface area is 92.5 Å². The average Bonchev–Trinajstić information content (AvgIpc) is 2.21. The van der Waals surface area contributed by atoms with Gasteiger partial charge >= 0.3 is 0 Å². The first kappa shape index (κ1) is 12.2. The van der Waals surface area contributed by atoms with E-state index in [0.29, 0.717) is 0 Å². The number of rotatable bonds is 4. The predicted molar refractivity (Wildman–Crippen MR) is 64.1 cm³/mol. The van der Waals surface area contributed by atoms with Crippen LogP contribution < -0.4 is 0 Å². The fourth-order valence-electron chi connectivity index (χ4n) is 1.67. The van der Waals surface area contributed by atoms with Gasteiger partial charge in [-0.1, -0.05) is 12.1 Å². The van der Waals surface area contributed by atoms with Gasteiger partial charge in [-0.3, -0.25) is 4.90 Å². The molecule has 1 aromatic rings. The number of hydrogen-bond donors (Lipinski definition) is 1. The van der Waals surface area contributed by atoms with Crippen LogP contribution in [0.25, 0.3) is 0 Å². The third kappa shape index (κ3) is 3.33. The van der Waals surface area contributed by atoms with Gasteiger partial charge in [-0.25, -0.2) is 0 Å². The molecular formula is C13H21NO. The molecule has 15 heavy (non-hydrogen) atoms. The SMILES string of the molecule is Cc1cc(C)c(CCN(C)CO)cc1C. The average molecular weight is 207 g/mol. The zero-order chi connectivity index (χ0) is 11.4. The molecule has 0 saturated heterocycles. The van der Waals surface area contributed by atoms with Crippen LogP contribution in [0.5, 0.6) is 0 Å². The van der Waals surface area contributed by atoms with Gasteiger partial charge < -0.3 is 5.11 Å². The molecule has 84 valence electrons. The Morgan fingerprint density at radius 2 is 1.67 bits per heavy atom. The number of likely N-dealkylation sites (N-methyl/N-ethyl adjacent to an activating group) is 1. The molecular weight excluding hydrogens is 186 g/mol. The van der Waals surface area contributed by atoms with Crippen LogP contribution >= 0.6 is 0 Å². The summed E-state index contributed by atoms with van der Waals surface area (Å²) < 4.78 is 0. The summed E-state index contributed by atoms with van der Waals surface area (Å²) >= 11 is 0. The van der Waals surface area contributed by atoms with E-state index < -0.39 is 0 Å². The molecule has 1 N–H and O–H groups in total. The number of aryl methyl sites for hydroxylation is 3. The molecule has 0 fully saturated rings. The van der Waals surface area contributed by atoms with Crippen LogP contribution in [0.4, 0.5) is 0 Å². The maximum absolute atomic E-state index is 8.91. The highest BCUT2D eigenvalue weighted by Gasteiger charge is 2.03. The quantitative estimate of drug-likeness (QED) is 0.764. The van der Waals surface area contributed by atoms with Gasteiger partial charge in [0.25, 0.3) is 0 Å². The molecule has 0 saturated carbocycles. The minimum absolute atomic E-state index is 0.129. The Kier molecular flexibility index (Phi) is 4.30. The second-order valence-corrected chi connectivity index (χ2v) is 4.33. The molecule has 0 aliphatic rings. The number of aliphatic hydroxyl groups excluding tert-OH is 1. The van der Waals surface area contributed by atoms with E-state index >= 15 is 0 Å². The van der Waals surface area contributed by atoms with E-state index in [9.17, 15) is 0 Å². The molecule has 0 spiro atoms. The van der Waals surface area contributed by atoms with Gasteiger partial charge in [-0.15, -0.1) is 0 Å². The van der Waals surface area contributed by atoms with Gasteiger partial charge in [0, 0.05) is 6.54 Å². The lowest BCUT2D eigenvalue weighted by atomic mass is 9.99. The first-order valence-electron chi connectivity index (χ1n) is 5.40. The number of benzene rings is 1. The zero-order valence-electron chi connectivity index (χ0n) is 10.2. The van der Waals surface area contributed by atoms with Crippen LogP contribution in [-0.4, -0.2) is 30.3 Å². The van der Waals surface area contributed by atoms with Crippen LogP contribution in [-0.2, 0) is 6.42 Å². The van der Waals surface area contributed by atoms with E-state index in [1.54, 1.807) is 0 Å². The highest BCUT2D eigenvalue weighted by atomic mass is 16.3. The highest BCUT2D eigenvalue weighted by Crippen LogP contribution is 2.15. The Bertz CT molecular complexity index is 334. The third-order valence-corrected chi connectivity index (χ3v) is 2.96. The molecule has 1 aromatic carbocycles. The van der Waals surface area contributed by atoms with Crippen LogP contribution in [0.1, 0.15) is 22.3 Å². The summed E-state index contributed by atoms with van der Waals surface area (Å²) in [4.78, 5) is 1.91. The molecule has 0 aliphatic carbocycles. The van der Waals surface area contributed by atoms with Crippen molar-refractivity contribution in [3.05, 3.63) is 34.4 Å². The summed E-state index contributed by atoms with van der Waals surface area (Å²) in [5, 5.41) is 8.91. The van der Waals surface area contributed by atoms with E-state index in [4.69, 9.17) is 5.11 Å². The van der Waals surface area contributed by atoms with E-state index in [1.807, 2.05) is 11.9 Å². The van der Waals surface area contributed by atoms with E-state index in [0.717, 1.165) is 13.0 Å². The minimum atomic E-state index is 0.129. The molecule has 0 aromatic heterocycles. The van der Waals surface area contributed by atoms with Gasteiger partial charge in [0.1, 0.15) is 0 Å². The minimum Gasteiger partial charge on any atom is -0.381 e. The van der Waals surface area contributed by atoms with Gasteiger partial charge in [-0.05, 0) is 56.5 Å². The molecule has 0 radical (unpaired) electrons. The molecule has 0 amide bonds. The molecule has 0 bridgehead atoms. The third-order valence-electron chi connectivity index (χ3n) is 2.96. The van der Waals surface area contributed by atoms with Crippen molar-refractivity contribution in [2.75, 3.05) is 20.3 Å². The van der Waals surface area contributed by atoms with Crippen molar-refractivity contribution >= 4 is 0 Å². The van der Waals surface area contributed by atoms with Crippen molar-refractivity contribution in [2.24, 2.45) is 0 Å². The fourth-order valence-corrected chi connectivity index (χ4v) is 1.67. The Morgan fingerprint density at radius 1 is 1.07 bits per heavy atom.